The molecule has 0 bridgehead atoms. The number of hydroxylamine groups is 2. The number of rotatable bonds is 3. The molecule has 7 nitrogen and oxygen atoms in total. The van der Waals surface area contributed by atoms with E-state index in [1.54, 1.807) is 69.4 Å². The Morgan fingerprint density at radius 2 is 1.62 bits per heavy atom. The maximum absolute atomic E-state index is 12.8. The number of urea groups is 2. The number of hydrogen-bond donors (Lipinski definition) is 2. The molecule has 0 saturated carbocycles. The van der Waals surface area contributed by atoms with Gasteiger partial charge in [-0.1, -0.05) is 36.4 Å². The number of hydrogen-bond acceptors (Lipinski definition) is 3. The average Bonchev–Trinajstić information content (AvgIpc) is 2.82. The van der Waals surface area contributed by atoms with Gasteiger partial charge in [-0.05, 0) is 38.1 Å². The van der Waals surface area contributed by atoms with Crippen LogP contribution in [0.4, 0.5) is 21.0 Å². The van der Waals surface area contributed by atoms with Crippen LogP contribution in [0.1, 0.15) is 13.8 Å². The summed E-state index contributed by atoms with van der Waals surface area (Å²) in [6.07, 6.45) is -0.897. The van der Waals surface area contributed by atoms with Gasteiger partial charge in [-0.15, -0.1) is 0 Å². The topological polar surface area (TPSA) is 76.1 Å². The van der Waals surface area contributed by atoms with Gasteiger partial charge in [0.05, 0.1) is 5.54 Å². The summed E-state index contributed by atoms with van der Waals surface area (Å²) in [7, 11) is 1.65. The van der Waals surface area contributed by atoms with Gasteiger partial charge in [0.2, 0.25) is 0 Å². The smallest absolute Gasteiger partial charge is 0.318 e. The molecular formula is C19H22N4O3. The lowest BCUT2D eigenvalue weighted by Gasteiger charge is -2.37. The maximum atomic E-state index is 12.8. The summed E-state index contributed by atoms with van der Waals surface area (Å²) < 4.78 is 0. The molecule has 1 aliphatic rings. The number of nitrogens with zero attached hydrogens (tertiary/aromatic N) is 3. The van der Waals surface area contributed by atoms with Crippen LogP contribution >= 0.6 is 0 Å². The van der Waals surface area contributed by atoms with E-state index in [0.717, 1.165) is 0 Å². The molecule has 0 aromatic heterocycles. The lowest BCUT2D eigenvalue weighted by Crippen LogP contribution is -2.57. The van der Waals surface area contributed by atoms with Gasteiger partial charge >= 0.3 is 12.1 Å². The molecule has 1 aliphatic heterocycles. The van der Waals surface area contributed by atoms with Crippen molar-refractivity contribution in [2.45, 2.75) is 25.6 Å². The molecule has 2 N–H and O–H groups in total. The Morgan fingerprint density at radius 1 is 1.08 bits per heavy atom. The highest BCUT2D eigenvalue weighted by Crippen LogP contribution is 2.36. The fourth-order valence-electron chi connectivity index (χ4n) is 3.06. The monoisotopic (exact) mass is 354 g/mol. The molecule has 2 aromatic rings. The van der Waals surface area contributed by atoms with Crippen molar-refractivity contribution in [3.63, 3.8) is 0 Å². The highest BCUT2D eigenvalue weighted by atomic mass is 16.5. The van der Waals surface area contributed by atoms with Gasteiger partial charge in [-0.2, -0.15) is 5.06 Å². The van der Waals surface area contributed by atoms with Crippen LogP contribution in [0.15, 0.2) is 60.7 Å². The molecule has 4 amide bonds. The van der Waals surface area contributed by atoms with Crippen molar-refractivity contribution >= 4 is 23.4 Å². The van der Waals surface area contributed by atoms with Crippen LogP contribution in [-0.2, 0) is 0 Å². The number of amides is 4. The minimum atomic E-state index is -0.897. The van der Waals surface area contributed by atoms with Gasteiger partial charge < -0.3 is 10.2 Å². The van der Waals surface area contributed by atoms with Gasteiger partial charge in [-0.3, -0.25) is 10.1 Å². The van der Waals surface area contributed by atoms with Crippen molar-refractivity contribution < 1.29 is 14.8 Å². The van der Waals surface area contributed by atoms with Crippen LogP contribution < -0.4 is 10.2 Å². The number of likely N-dealkylation sites (N-methyl/N-ethyl adjacent to an activating group) is 1. The Balaban J connectivity index is 1.93. The molecule has 0 aliphatic carbocycles. The molecule has 1 saturated heterocycles. The molecule has 0 spiro atoms. The number of benzene rings is 2. The van der Waals surface area contributed by atoms with Gasteiger partial charge in [0.25, 0.3) is 0 Å². The van der Waals surface area contributed by atoms with Gasteiger partial charge in [0, 0.05) is 18.4 Å². The molecule has 7 heteroatoms. The average molecular weight is 354 g/mol. The fourth-order valence-corrected chi connectivity index (χ4v) is 3.06. The fraction of sp³-hybridized carbons (Fsp3) is 0.263. The molecule has 0 unspecified atom stereocenters. The summed E-state index contributed by atoms with van der Waals surface area (Å²) >= 11 is 0. The minimum absolute atomic E-state index is 0.294. The first-order valence-electron chi connectivity index (χ1n) is 8.30. The zero-order valence-corrected chi connectivity index (χ0v) is 15.0. The van der Waals surface area contributed by atoms with E-state index in [-0.39, 0.29) is 6.03 Å². The Morgan fingerprint density at radius 3 is 2.19 bits per heavy atom. The predicted octanol–water partition coefficient (Wildman–Crippen LogP) is 3.59. The van der Waals surface area contributed by atoms with E-state index >= 15 is 0 Å². The molecule has 0 radical (unpaired) electrons. The maximum Gasteiger partial charge on any atom is 0.347 e. The van der Waals surface area contributed by atoms with Crippen LogP contribution in [0.25, 0.3) is 0 Å². The molecule has 1 fully saturated rings. The van der Waals surface area contributed by atoms with Crippen molar-refractivity contribution in [2.75, 3.05) is 17.3 Å². The number of anilines is 2. The van der Waals surface area contributed by atoms with Gasteiger partial charge in [0.1, 0.15) is 0 Å². The number of carbonyl (C=O) groups is 2. The SMILES string of the molecule is CN1C(=O)N(c2ccccc2)[C@H](N(O)C(=O)Nc2ccccc2)C1(C)C. The van der Waals surface area contributed by atoms with E-state index in [0.29, 0.717) is 16.4 Å². The molecule has 2 aromatic carbocycles. The third kappa shape index (κ3) is 2.97. The molecule has 26 heavy (non-hydrogen) atoms. The first-order valence-corrected chi connectivity index (χ1v) is 8.30. The summed E-state index contributed by atoms with van der Waals surface area (Å²) in [6.45, 7) is 3.61. The van der Waals surface area contributed by atoms with E-state index < -0.39 is 17.7 Å². The van der Waals surface area contributed by atoms with E-state index in [1.165, 1.54) is 9.80 Å². The van der Waals surface area contributed by atoms with Crippen molar-refractivity contribution in [1.29, 1.82) is 0 Å². The molecule has 3 rings (SSSR count). The third-order valence-electron chi connectivity index (χ3n) is 4.73. The lowest BCUT2D eigenvalue weighted by molar-refractivity contribution is -0.0932. The standard InChI is InChI=1S/C19H22N4O3/c1-19(2)16(23(26)17(24)20-14-10-6-4-7-11-14)22(18(25)21(19)3)15-12-8-5-9-13-15/h4-13,16,26H,1-3H3,(H,20,24)/t16-/m1/s1. The van der Waals surface area contributed by atoms with Crippen LogP contribution in [0.2, 0.25) is 0 Å². The first kappa shape index (κ1) is 17.8. The zero-order valence-electron chi connectivity index (χ0n) is 15.0. The Kier molecular flexibility index (Phi) is 4.56. The lowest BCUT2D eigenvalue weighted by atomic mass is 10.0. The number of para-hydroxylation sites is 2. The van der Waals surface area contributed by atoms with Crippen LogP contribution in [0.3, 0.4) is 0 Å². The predicted molar refractivity (Wildman–Crippen MR) is 99.0 cm³/mol. The second-order valence-corrected chi connectivity index (χ2v) is 6.72. The summed E-state index contributed by atoms with van der Waals surface area (Å²) in [5.41, 5.74) is 0.347. The summed E-state index contributed by atoms with van der Waals surface area (Å²) in [6, 6.07) is 16.8. The summed E-state index contributed by atoms with van der Waals surface area (Å²) in [4.78, 5) is 28.3. The van der Waals surface area contributed by atoms with Crippen molar-refractivity contribution in [1.82, 2.24) is 9.96 Å². The zero-order chi connectivity index (χ0) is 18.9. The van der Waals surface area contributed by atoms with Crippen LogP contribution in [-0.4, -0.2) is 46.0 Å². The van der Waals surface area contributed by atoms with E-state index in [9.17, 15) is 14.8 Å². The molecule has 1 heterocycles. The van der Waals surface area contributed by atoms with Crippen molar-refractivity contribution in [3.05, 3.63) is 60.7 Å². The highest BCUT2D eigenvalue weighted by Gasteiger charge is 2.54. The van der Waals surface area contributed by atoms with Crippen LogP contribution in [0, 0.1) is 0 Å². The quantitative estimate of drug-likeness (QED) is 0.653. The highest BCUT2D eigenvalue weighted by molar-refractivity contribution is 5.97. The van der Waals surface area contributed by atoms with E-state index in [4.69, 9.17) is 0 Å². The third-order valence-corrected chi connectivity index (χ3v) is 4.73. The summed E-state index contributed by atoms with van der Waals surface area (Å²) in [5, 5.41) is 13.9. The molecule has 136 valence electrons. The summed E-state index contributed by atoms with van der Waals surface area (Å²) in [5.74, 6) is 0. The van der Waals surface area contributed by atoms with Crippen LogP contribution in [0.5, 0.6) is 0 Å². The van der Waals surface area contributed by atoms with Gasteiger partial charge in [0.15, 0.2) is 6.17 Å². The second kappa shape index (κ2) is 6.68. The molecule has 1 atom stereocenters. The number of carbonyl (C=O) groups excluding carboxylic acids is 2. The van der Waals surface area contributed by atoms with Crippen molar-refractivity contribution in [2.24, 2.45) is 0 Å². The first-order chi connectivity index (χ1) is 12.3. The number of nitrogens with one attached hydrogen (secondary N) is 1. The Hall–Kier alpha value is -3.06. The normalized spacial score (nSPS) is 18.8. The largest absolute Gasteiger partial charge is 0.347 e. The van der Waals surface area contributed by atoms with E-state index in [2.05, 4.69) is 5.32 Å². The Bertz CT molecular complexity index is 795. The second-order valence-electron chi connectivity index (χ2n) is 6.72. The Labute approximate surface area is 152 Å². The molecular weight excluding hydrogens is 332 g/mol. The van der Waals surface area contributed by atoms with Crippen molar-refractivity contribution in [3.8, 4) is 0 Å². The minimum Gasteiger partial charge on any atom is -0.318 e. The van der Waals surface area contributed by atoms with Gasteiger partial charge in [-0.25, -0.2) is 9.59 Å². The van der Waals surface area contributed by atoms with E-state index in [1.807, 2.05) is 12.1 Å².